The zero-order valence-electron chi connectivity index (χ0n) is 24.0. The van der Waals surface area contributed by atoms with E-state index in [0.717, 1.165) is 0 Å². The molecule has 5 heterocycles. The molecule has 1 spiro atoms. The van der Waals surface area contributed by atoms with Gasteiger partial charge in [-0.15, -0.1) is 11.3 Å². The van der Waals surface area contributed by atoms with Crippen LogP contribution in [0.4, 0.5) is 25.1 Å². The molecule has 2 aliphatic heterocycles. The summed E-state index contributed by atoms with van der Waals surface area (Å²) < 4.78 is 34.6. The van der Waals surface area contributed by atoms with Crippen LogP contribution in [0.25, 0.3) is 10.2 Å². The van der Waals surface area contributed by atoms with Crippen molar-refractivity contribution >= 4 is 51.0 Å². The van der Waals surface area contributed by atoms with E-state index >= 15 is 0 Å². The van der Waals surface area contributed by atoms with Gasteiger partial charge < -0.3 is 25.6 Å². The second-order valence-corrected chi connectivity index (χ2v) is 13.3. The maximum atomic E-state index is 14.0. The van der Waals surface area contributed by atoms with Crippen LogP contribution in [0.2, 0.25) is 0 Å². The molecular formula is C28H31F2N7O5S. The van der Waals surface area contributed by atoms with Crippen LogP contribution in [0.15, 0.2) is 23.3 Å². The molecule has 0 bridgehead atoms. The van der Waals surface area contributed by atoms with E-state index in [0.29, 0.717) is 33.7 Å². The fraction of sp³-hybridized carbons (Fsp3) is 0.500. The second kappa shape index (κ2) is 9.96. The Morgan fingerprint density at radius 1 is 1.12 bits per heavy atom. The summed E-state index contributed by atoms with van der Waals surface area (Å²) >= 11 is 1.17. The first kappa shape index (κ1) is 29.0. The lowest BCUT2D eigenvalue weighted by Gasteiger charge is -2.39. The van der Waals surface area contributed by atoms with Crippen LogP contribution in [0.3, 0.4) is 0 Å². The quantitative estimate of drug-likeness (QED) is 0.401. The van der Waals surface area contributed by atoms with Gasteiger partial charge in [-0.25, -0.2) is 23.5 Å². The number of hydrogen-bond donors (Lipinski definition) is 3. The Balaban J connectivity index is 1.23. The third kappa shape index (κ3) is 5.30. The molecular weight excluding hydrogens is 584 g/mol. The Bertz CT molecular complexity index is 1710. The summed E-state index contributed by atoms with van der Waals surface area (Å²) in [6, 6.07) is 2.96. The SMILES string of the molecule is Cc1cc(Nc2ncnc3sc(C(=O)N4CC(NC(=O)OC(C)(C)C)C4)cc23)c(=O)n2c1C(=O)NC21CCC(F)(F)CC1. The molecule has 15 heteroatoms. The number of alkyl halides is 2. The van der Waals surface area contributed by atoms with Crippen LogP contribution in [-0.4, -0.2) is 68.0 Å². The highest BCUT2D eigenvalue weighted by atomic mass is 32.1. The van der Waals surface area contributed by atoms with Crippen molar-refractivity contribution in [2.75, 3.05) is 18.4 Å². The standard InChI is InChI=1S/C28H31F2N7O5S/c1-14-9-17(23(39)37-19(14)21(38)35-28(37)7-5-27(29,30)6-8-28)34-20-16-10-18(43-22(16)32-13-31-20)24(40)36-11-15(12-36)33-25(41)42-26(2,3)4/h9-10,13,15H,5-8,11-12H2,1-4H3,(H,33,41)(H,35,38)(H,31,32,34). The van der Waals surface area contributed by atoms with Crippen LogP contribution < -0.4 is 21.5 Å². The number of likely N-dealkylation sites (tertiary alicyclic amines) is 1. The highest BCUT2D eigenvalue weighted by Crippen LogP contribution is 2.43. The summed E-state index contributed by atoms with van der Waals surface area (Å²) in [7, 11) is 0. The third-order valence-electron chi connectivity index (χ3n) is 7.87. The molecule has 3 amide bonds. The average molecular weight is 616 g/mol. The van der Waals surface area contributed by atoms with Crippen molar-refractivity contribution < 1.29 is 27.9 Å². The number of fused-ring (bicyclic) bond motifs is 3. The van der Waals surface area contributed by atoms with Gasteiger partial charge in [-0.3, -0.25) is 19.0 Å². The second-order valence-electron chi connectivity index (χ2n) is 12.3. The van der Waals surface area contributed by atoms with Gasteiger partial charge in [0.05, 0.1) is 16.3 Å². The van der Waals surface area contributed by atoms with Gasteiger partial charge in [0.2, 0.25) is 5.92 Å². The van der Waals surface area contributed by atoms with Crippen molar-refractivity contribution in [1.82, 2.24) is 30.1 Å². The van der Waals surface area contributed by atoms with Crippen LogP contribution in [-0.2, 0) is 10.4 Å². The molecule has 1 saturated heterocycles. The predicted octanol–water partition coefficient (Wildman–Crippen LogP) is 3.86. The Labute approximate surface area is 248 Å². The number of alkyl carbamates (subject to hydrolysis) is 1. The van der Waals surface area contributed by atoms with E-state index in [9.17, 15) is 28.0 Å². The molecule has 0 atom stereocenters. The van der Waals surface area contributed by atoms with Crippen LogP contribution in [0.1, 0.15) is 72.2 Å². The normalized spacial score (nSPS) is 19.1. The first-order chi connectivity index (χ1) is 20.1. The fourth-order valence-electron chi connectivity index (χ4n) is 5.78. The molecule has 1 aliphatic carbocycles. The number of hydrogen-bond acceptors (Lipinski definition) is 9. The minimum atomic E-state index is -2.85. The smallest absolute Gasteiger partial charge is 0.407 e. The van der Waals surface area contributed by atoms with Crippen molar-refractivity contribution in [3.63, 3.8) is 0 Å². The van der Waals surface area contributed by atoms with Crippen molar-refractivity contribution in [2.24, 2.45) is 0 Å². The molecule has 43 heavy (non-hydrogen) atoms. The van der Waals surface area contributed by atoms with Gasteiger partial charge in [0.15, 0.2) is 0 Å². The number of carbonyl (C=O) groups excluding carboxylic acids is 3. The number of amides is 3. The van der Waals surface area contributed by atoms with Crippen LogP contribution in [0.5, 0.6) is 0 Å². The molecule has 3 aliphatic rings. The van der Waals surface area contributed by atoms with Gasteiger partial charge in [-0.05, 0) is 58.2 Å². The summed E-state index contributed by atoms with van der Waals surface area (Å²) in [5.41, 5.74) is -1.59. The highest BCUT2D eigenvalue weighted by molar-refractivity contribution is 7.20. The van der Waals surface area contributed by atoms with E-state index in [1.807, 2.05) is 0 Å². The largest absolute Gasteiger partial charge is 0.444 e. The lowest BCUT2D eigenvalue weighted by Crippen LogP contribution is -2.61. The molecule has 0 aromatic carbocycles. The minimum Gasteiger partial charge on any atom is -0.444 e. The summed E-state index contributed by atoms with van der Waals surface area (Å²) in [5.74, 6) is -3.26. The molecule has 1 saturated carbocycles. The van der Waals surface area contributed by atoms with Gasteiger partial charge >= 0.3 is 6.09 Å². The highest BCUT2D eigenvalue weighted by Gasteiger charge is 2.51. The van der Waals surface area contributed by atoms with Crippen molar-refractivity contribution in [3.8, 4) is 0 Å². The molecule has 3 aromatic rings. The zero-order valence-corrected chi connectivity index (χ0v) is 24.9. The molecule has 3 N–H and O–H groups in total. The summed E-state index contributed by atoms with van der Waals surface area (Å²) in [6.45, 7) is 7.65. The molecule has 6 rings (SSSR count). The Hall–Kier alpha value is -4.14. The Morgan fingerprint density at radius 2 is 1.81 bits per heavy atom. The molecule has 228 valence electrons. The number of nitrogens with zero attached hydrogens (tertiary/aromatic N) is 4. The zero-order chi connectivity index (χ0) is 30.9. The Kier molecular flexibility index (Phi) is 6.71. The summed E-state index contributed by atoms with van der Waals surface area (Å²) in [6.07, 6.45) is -0.248. The third-order valence-corrected chi connectivity index (χ3v) is 8.90. The maximum Gasteiger partial charge on any atom is 0.407 e. The first-order valence-electron chi connectivity index (χ1n) is 13.9. The van der Waals surface area contributed by atoms with E-state index < -0.39 is 47.6 Å². The predicted molar refractivity (Wildman–Crippen MR) is 154 cm³/mol. The molecule has 12 nitrogen and oxygen atoms in total. The molecule has 2 fully saturated rings. The van der Waals surface area contributed by atoms with Gasteiger partial charge in [0.1, 0.15) is 39.6 Å². The van der Waals surface area contributed by atoms with Gasteiger partial charge in [-0.1, -0.05) is 0 Å². The van der Waals surface area contributed by atoms with E-state index in [1.54, 1.807) is 38.7 Å². The van der Waals surface area contributed by atoms with Crippen molar-refractivity contribution in [3.05, 3.63) is 44.9 Å². The van der Waals surface area contributed by atoms with Crippen LogP contribution >= 0.6 is 11.3 Å². The molecule has 0 radical (unpaired) electrons. The van der Waals surface area contributed by atoms with Crippen molar-refractivity contribution in [2.45, 2.75) is 76.6 Å². The number of ether oxygens (including phenoxy) is 1. The van der Waals surface area contributed by atoms with Crippen molar-refractivity contribution in [1.29, 1.82) is 0 Å². The lowest BCUT2D eigenvalue weighted by atomic mass is 9.86. The lowest BCUT2D eigenvalue weighted by molar-refractivity contribution is -0.0667. The monoisotopic (exact) mass is 615 g/mol. The van der Waals surface area contributed by atoms with Gasteiger partial charge in [0.25, 0.3) is 17.4 Å². The first-order valence-corrected chi connectivity index (χ1v) is 14.7. The Morgan fingerprint density at radius 3 is 2.49 bits per heavy atom. The number of aryl methyl sites for hydroxylation is 1. The topological polar surface area (TPSA) is 148 Å². The van der Waals surface area contributed by atoms with Gasteiger partial charge in [0, 0.05) is 25.9 Å². The minimum absolute atomic E-state index is 0.0695. The van der Waals surface area contributed by atoms with E-state index in [1.165, 1.54) is 28.3 Å². The number of aromatic nitrogens is 3. The van der Waals surface area contributed by atoms with Crippen LogP contribution in [0, 0.1) is 6.92 Å². The number of carbonyl (C=O) groups is 3. The number of halogens is 2. The van der Waals surface area contributed by atoms with E-state index in [4.69, 9.17) is 4.74 Å². The molecule has 3 aromatic heterocycles. The van der Waals surface area contributed by atoms with E-state index in [2.05, 4.69) is 25.9 Å². The average Bonchev–Trinajstić information content (AvgIpc) is 3.45. The molecule has 0 unspecified atom stereocenters. The summed E-state index contributed by atoms with van der Waals surface area (Å²) in [5, 5.41) is 9.11. The number of rotatable bonds is 4. The maximum absolute atomic E-state index is 14.0. The van der Waals surface area contributed by atoms with Gasteiger partial charge in [-0.2, -0.15) is 0 Å². The number of anilines is 2. The van der Waals surface area contributed by atoms with E-state index in [-0.39, 0.29) is 42.0 Å². The number of nitrogens with one attached hydrogen (secondary N) is 3. The fourth-order valence-corrected chi connectivity index (χ4v) is 6.75. The number of pyridine rings is 1. The summed E-state index contributed by atoms with van der Waals surface area (Å²) in [4.78, 5) is 62.9. The number of thiophene rings is 1.